The van der Waals surface area contributed by atoms with Crippen LogP contribution in [-0.4, -0.2) is 14.5 Å². The van der Waals surface area contributed by atoms with Gasteiger partial charge in [0.25, 0.3) is 0 Å². The number of aromatic nitrogens is 3. The maximum absolute atomic E-state index is 5.89. The Hall–Kier alpha value is -1.87. The minimum absolute atomic E-state index is 0.279. The molecule has 0 saturated heterocycles. The summed E-state index contributed by atoms with van der Waals surface area (Å²) in [5.41, 5.74) is 4.14. The zero-order chi connectivity index (χ0) is 12.7. The van der Waals surface area contributed by atoms with Crippen molar-refractivity contribution in [3.63, 3.8) is 0 Å². The van der Waals surface area contributed by atoms with Crippen LogP contribution < -0.4 is 0 Å². The lowest BCUT2D eigenvalue weighted by atomic mass is 10.2. The SMILES string of the molecule is Cc1cnc(Cl)nc1-c1cc2ccccc2n1C. The van der Waals surface area contributed by atoms with Crippen LogP contribution in [0.1, 0.15) is 5.56 Å². The maximum Gasteiger partial charge on any atom is 0.222 e. The van der Waals surface area contributed by atoms with Crippen LogP contribution in [0, 0.1) is 6.92 Å². The van der Waals surface area contributed by atoms with Gasteiger partial charge in [0.05, 0.1) is 11.4 Å². The zero-order valence-corrected chi connectivity index (χ0v) is 10.9. The smallest absolute Gasteiger partial charge is 0.222 e. The summed E-state index contributed by atoms with van der Waals surface area (Å²) < 4.78 is 2.13. The number of halogens is 1. The van der Waals surface area contributed by atoms with Crippen molar-refractivity contribution in [1.82, 2.24) is 14.5 Å². The van der Waals surface area contributed by atoms with Crippen LogP contribution in [0.4, 0.5) is 0 Å². The van der Waals surface area contributed by atoms with Crippen molar-refractivity contribution in [1.29, 1.82) is 0 Å². The molecule has 3 nitrogen and oxygen atoms in total. The van der Waals surface area contributed by atoms with E-state index in [1.807, 2.05) is 26.1 Å². The van der Waals surface area contributed by atoms with E-state index in [4.69, 9.17) is 11.6 Å². The third-order valence-corrected chi connectivity index (χ3v) is 3.32. The molecule has 0 aliphatic rings. The minimum atomic E-state index is 0.279. The van der Waals surface area contributed by atoms with E-state index in [1.165, 1.54) is 10.9 Å². The van der Waals surface area contributed by atoms with Gasteiger partial charge in [0.2, 0.25) is 5.28 Å². The number of hydrogen-bond acceptors (Lipinski definition) is 2. The highest BCUT2D eigenvalue weighted by Crippen LogP contribution is 2.28. The van der Waals surface area contributed by atoms with Crippen LogP contribution in [0.25, 0.3) is 22.3 Å². The third kappa shape index (κ3) is 1.68. The molecule has 0 fully saturated rings. The van der Waals surface area contributed by atoms with Gasteiger partial charge in [-0.05, 0) is 36.2 Å². The molecule has 0 bridgehead atoms. The van der Waals surface area contributed by atoms with E-state index in [9.17, 15) is 0 Å². The third-order valence-electron chi connectivity index (χ3n) is 3.14. The standard InChI is InChI=1S/C14H12ClN3/c1-9-8-16-14(15)17-13(9)12-7-10-5-3-4-6-11(10)18(12)2/h3-8H,1-2H3. The largest absolute Gasteiger partial charge is 0.342 e. The second-order valence-electron chi connectivity index (χ2n) is 4.32. The van der Waals surface area contributed by atoms with E-state index in [0.717, 1.165) is 17.0 Å². The van der Waals surface area contributed by atoms with Gasteiger partial charge in [-0.25, -0.2) is 9.97 Å². The van der Waals surface area contributed by atoms with Crippen molar-refractivity contribution in [2.75, 3.05) is 0 Å². The normalized spacial score (nSPS) is 11.1. The number of rotatable bonds is 1. The summed E-state index contributed by atoms with van der Waals surface area (Å²) in [7, 11) is 2.03. The van der Waals surface area contributed by atoms with Gasteiger partial charge in [-0.2, -0.15) is 0 Å². The van der Waals surface area contributed by atoms with E-state index in [1.54, 1.807) is 6.20 Å². The highest BCUT2D eigenvalue weighted by molar-refractivity contribution is 6.28. The Labute approximate surface area is 110 Å². The van der Waals surface area contributed by atoms with Crippen LogP contribution in [0.2, 0.25) is 5.28 Å². The van der Waals surface area contributed by atoms with Crippen LogP contribution in [0.15, 0.2) is 36.5 Å². The van der Waals surface area contributed by atoms with Crippen molar-refractivity contribution in [3.05, 3.63) is 47.4 Å². The Morgan fingerprint density at radius 1 is 1.22 bits per heavy atom. The van der Waals surface area contributed by atoms with Gasteiger partial charge in [-0.1, -0.05) is 18.2 Å². The van der Waals surface area contributed by atoms with Crippen molar-refractivity contribution in [2.24, 2.45) is 7.05 Å². The second kappa shape index (κ2) is 4.10. The van der Waals surface area contributed by atoms with E-state index in [2.05, 4.69) is 32.7 Å². The summed E-state index contributed by atoms with van der Waals surface area (Å²) in [4.78, 5) is 8.33. The van der Waals surface area contributed by atoms with Gasteiger partial charge in [0.15, 0.2) is 0 Å². The molecule has 3 aromatic rings. The molecule has 0 spiro atoms. The van der Waals surface area contributed by atoms with Crippen LogP contribution in [0.5, 0.6) is 0 Å². The Kier molecular flexibility index (Phi) is 2.56. The molecule has 0 saturated carbocycles. The average molecular weight is 258 g/mol. The number of hydrogen-bond donors (Lipinski definition) is 0. The van der Waals surface area contributed by atoms with Crippen molar-refractivity contribution in [3.8, 4) is 11.4 Å². The lowest BCUT2D eigenvalue weighted by Gasteiger charge is -2.06. The minimum Gasteiger partial charge on any atom is -0.342 e. The molecular formula is C14H12ClN3. The quantitative estimate of drug-likeness (QED) is 0.624. The van der Waals surface area contributed by atoms with Crippen LogP contribution >= 0.6 is 11.6 Å². The molecule has 90 valence electrons. The van der Waals surface area contributed by atoms with E-state index < -0.39 is 0 Å². The first-order chi connectivity index (χ1) is 8.66. The molecule has 0 N–H and O–H groups in total. The Morgan fingerprint density at radius 2 is 2.00 bits per heavy atom. The summed E-state index contributed by atoms with van der Waals surface area (Å²) in [5.74, 6) is 0. The van der Waals surface area contributed by atoms with Crippen molar-refractivity contribution >= 4 is 22.5 Å². The molecule has 0 aliphatic carbocycles. The molecule has 3 rings (SSSR count). The predicted octanol–water partition coefficient (Wildman–Crippen LogP) is 3.60. The van der Waals surface area contributed by atoms with Gasteiger partial charge < -0.3 is 4.57 Å². The van der Waals surface area contributed by atoms with E-state index >= 15 is 0 Å². The van der Waals surface area contributed by atoms with Gasteiger partial charge in [0.1, 0.15) is 0 Å². The number of para-hydroxylation sites is 1. The highest BCUT2D eigenvalue weighted by Gasteiger charge is 2.11. The average Bonchev–Trinajstić information content (AvgIpc) is 2.71. The fourth-order valence-electron chi connectivity index (χ4n) is 2.20. The Morgan fingerprint density at radius 3 is 2.78 bits per heavy atom. The lowest BCUT2D eigenvalue weighted by Crippen LogP contribution is -1.97. The lowest BCUT2D eigenvalue weighted by molar-refractivity contribution is 0.962. The molecule has 2 heterocycles. The topological polar surface area (TPSA) is 30.7 Å². The fraction of sp³-hybridized carbons (Fsp3) is 0.143. The monoisotopic (exact) mass is 257 g/mol. The summed E-state index contributed by atoms with van der Waals surface area (Å²) >= 11 is 5.89. The molecule has 0 aliphatic heterocycles. The molecule has 4 heteroatoms. The molecule has 0 atom stereocenters. The highest BCUT2D eigenvalue weighted by atomic mass is 35.5. The maximum atomic E-state index is 5.89. The summed E-state index contributed by atoms with van der Waals surface area (Å²) in [6.45, 7) is 1.99. The van der Waals surface area contributed by atoms with E-state index in [-0.39, 0.29) is 5.28 Å². The van der Waals surface area contributed by atoms with Crippen molar-refractivity contribution in [2.45, 2.75) is 6.92 Å². The number of aryl methyl sites for hydroxylation is 2. The van der Waals surface area contributed by atoms with Gasteiger partial charge in [-0.3, -0.25) is 0 Å². The summed E-state index contributed by atoms with van der Waals surface area (Å²) in [5, 5.41) is 1.48. The molecule has 0 radical (unpaired) electrons. The van der Waals surface area contributed by atoms with E-state index in [0.29, 0.717) is 0 Å². The second-order valence-corrected chi connectivity index (χ2v) is 4.66. The number of nitrogens with zero attached hydrogens (tertiary/aromatic N) is 3. The molecular weight excluding hydrogens is 246 g/mol. The Bertz CT molecular complexity index is 731. The first-order valence-electron chi connectivity index (χ1n) is 5.71. The van der Waals surface area contributed by atoms with Gasteiger partial charge in [-0.15, -0.1) is 0 Å². The number of benzene rings is 1. The van der Waals surface area contributed by atoms with Crippen LogP contribution in [-0.2, 0) is 7.05 Å². The van der Waals surface area contributed by atoms with Gasteiger partial charge in [0, 0.05) is 24.1 Å². The first-order valence-corrected chi connectivity index (χ1v) is 6.08. The molecule has 0 amide bonds. The first kappa shape index (κ1) is 11.2. The zero-order valence-electron chi connectivity index (χ0n) is 10.2. The number of fused-ring (bicyclic) bond motifs is 1. The molecule has 18 heavy (non-hydrogen) atoms. The fourth-order valence-corrected chi connectivity index (χ4v) is 2.33. The summed E-state index contributed by atoms with van der Waals surface area (Å²) in [6, 6.07) is 10.4. The van der Waals surface area contributed by atoms with Crippen LogP contribution in [0.3, 0.4) is 0 Å². The molecule has 2 aromatic heterocycles. The predicted molar refractivity (Wildman–Crippen MR) is 73.7 cm³/mol. The van der Waals surface area contributed by atoms with Gasteiger partial charge >= 0.3 is 0 Å². The summed E-state index contributed by atoms with van der Waals surface area (Å²) in [6.07, 6.45) is 1.75. The Balaban J connectivity index is 2.31. The molecule has 1 aromatic carbocycles. The van der Waals surface area contributed by atoms with Crippen molar-refractivity contribution < 1.29 is 0 Å². The molecule has 0 unspecified atom stereocenters.